The van der Waals surface area contributed by atoms with Crippen LogP contribution in [0.3, 0.4) is 0 Å². The van der Waals surface area contributed by atoms with Crippen molar-refractivity contribution in [1.82, 2.24) is 29.5 Å². The van der Waals surface area contributed by atoms with E-state index in [-0.39, 0.29) is 5.91 Å². The van der Waals surface area contributed by atoms with Gasteiger partial charge in [0.05, 0.1) is 17.0 Å². The Kier molecular flexibility index (Phi) is 5.24. The van der Waals surface area contributed by atoms with Gasteiger partial charge in [0, 0.05) is 30.2 Å². The van der Waals surface area contributed by atoms with E-state index in [2.05, 4.69) is 25.6 Å². The van der Waals surface area contributed by atoms with Gasteiger partial charge in [-0.25, -0.2) is 4.98 Å². The molecule has 31 heavy (non-hydrogen) atoms. The van der Waals surface area contributed by atoms with E-state index in [0.29, 0.717) is 34.4 Å². The summed E-state index contributed by atoms with van der Waals surface area (Å²) in [4.78, 5) is 16.9. The summed E-state index contributed by atoms with van der Waals surface area (Å²) in [5.41, 5.74) is 4.72. The monoisotopic (exact) mass is 417 g/mol. The number of hydrogen-bond acceptors (Lipinski definition) is 6. The Hall–Kier alpha value is -4.01. The highest BCUT2D eigenvalue weighted by Gasteiger charge is 2.17. The van der Waals surface area contributed by atoms with Crippen molar-refractivity contribution in [3.8, 4) is 17.4 Å². The SMILES string of the molecule is Cc1nn(C)c(C)c1C(=O)Nc1ccc(Oc2ccc(-n3cnc(C)c3C)nn2)cc1. The normalized spacial score (nSPS) is 10.9. The molecule has 0 unspecified atom stereocenters. The van der Waals surface area contributed by atoms with E-state index < -0.39 is 0 Å². The van der Waals surface area contributed by atoms with Gasteiger partial charge in [0.15, 0.2) is 5.82 Å². The topological polar surface area (TPSA) is 99.8 Å². The highest BCUT2D eigenvalue weighted by molar-refractivity contribution is 6.05. The summed E-state index contributed by atoms with van der Waals surface area (Å²) in [6, 6.07) is 10.6. The maximum Gasteiger partial charge on any atom is 0.259 e. The molecule has 3 aromatic heterocycles. The molecular weight excluding hydrogens is 394 g/mol. The summed E-state index contributed by atoms with van der Waals surface area (Å²) in [6.07, 6.45) is 1.72. The van der Waals surface area contributed by atoms with Crippen molar-refractivity contribution in [1.29, 1.82) is 0 Å². The highest BCUT2D eigenvalue weighted by atomic mass is 16.5. The van der Waals surface area contributed by atoms with Crippen LogP contribution >= 0.6 is 0 Å². The highest BCUT2D eigenvalue weighted by Crippen LogP contribution is 2.23. The molecule has 0 radical (unpaired) electrons. The zero-order chi connectivity index (χ0) is 22.1. The molecule has 3 heterocycles. The summed E-state index contributed by atoms with van der Waals surface area (Å²) in [6.45, 7) is 7.61. The Morgan fingerprint density at radius 3 is 2.23 bits per heavy atom. The first-order valence-corrected chi connectivity index (χ1v) is 9.77. The predicted octanol–water partition coefficient (Wildman–Crippen LogP) is 3.67. The van der Waals surface area contributed by atoms with Gasteiger partial charge >= 0.3 is 0 Å². The van der Waals surface area contributed by atoms with Crippen molar-refractivity contribution in [3.05, 3.63) is 71.1 Å². The summed E-state index contributed by atoms with van der Waals surface area (Å²) in [7, 11) is 1.82. The first-order valence-electron chi connectivity index (χ1n) is 9.77. The fraction of sp³-hybridized carbons (Fsp3) is 0.227. The molecule has 158 valence electrons. The molecule has 0 aliphatic rings. The van der Waals surface area contributed by atoms with Crippen LogP contribution in [-0.4, -0.2) is 35.4 Å². The Morgan fingerprint density at radius 2 is 1.68 bits per heavy atom. The van der Waals surface area contributed by atoms with Crippen LogP contribution in [0.1, 0.15) is 33.1 Å². The van der Waals surface area contributed by atoms with Crippen molar-refractivity contribution >= 4 is 11.6 Å². The third-order valence-electron chi connectivity index (χ3n) is 5.20. The largest absolute Gasteiger partial charge is 0.438 e. The van der Waals surface area contributed by atoms with Crippen LogP contribution in [0.2, 0.25) is 0 Å². The van der Waals surface area contributed by atoms with Gasteiger partial charge in [-0.15, -0.1) is 10.2 Å². The Labute approximate surface area is 179 Å². The number of rotatable bonds is 5. The molecule has 0 aliphatic heterocycles. The Bertz CT molecular complexity index is 1240. The number of benzene rings is 1. The average molecular weight is 417 g/mol. The van der Waals surface area contributed by atoms with E-state index in [9.17, 15) is 4.79 Å². The van der Waals surface area contributed by atoms with E-state index in [4.69, 9.17) is 4.74 Å². The van der Waals surface area contributed by atoms with Crippen molar-refractivity contribution in [2.75, 3.05) is 5.32 Å². The lowest BCUT2D eigenvalue weighted by Gasteiger charge is -2.08. The third-order valence-corrected chi connectivity index (χ3v) is 5.20. The number of nitrogens with zero attached hydrogens (tertiary/aromatic N) is 6. The van der Waals surface area contributed by atoms with Crippen LogP contribution in [0.5, 0.6) is 11.6 Å². The lowest BCUT2D eigenvalue weighted by Crippen LogP contribution is -2.14. The van der Waals surface area contributed by atoms with Crippen LogP contribution in [0, 0.1) is 27.7 Å². The molecule has 4 aromatic rings. The zero-order valence-corrected chi connectivity index (χ0v) is 18.0. The molecule has 0 spiro atoms. The molecule has 0 atom stereocenters. The van der Waals surface area contributed by atoms with E-state index in [1.54, 1.807) is 41.3 Å². The molecular formula is C22H23N7O2. The molecule has 1 N–H and O–H groups in total. The number of aromatic nitrogens is 6. The van der Waals surface area contributed by atoms with Gasteiger partial charge in [0.25, 0.3) is 5.91 Å². The molecule has 0 fully saturated rings. The van der Waals surface area contributed by atoms with Gasteiger partial charge < -0.3 is 10.1 Å². The van der Waals surface area contributed by atoms with Gasteiger partial charge in [0.2, 0.25) is 5.88 Å². The second-order valence-corrected chi connectivity index (χ2v) is 7.27. The van der Waals surface area contributed by atoms with Gasteiger partial charge in [-0.1, -0.05) is 0 Å². The minimum absolute atomic E-state index is 0.191. The number of anilines is 1. The summed E-state index contributed by atoms with van der Waals surface area (Å²) >= 11 is 0. The zero-order valence-electron chi connectivity index (χ0n) is 18.0. The number of carbonyl (C=O) groups excluding carboxylic acids is 1. The van der Waals surface area contributed by atoms with E-state index >= 15 is 0 Å². The second-order valence-electron chi connectivity index (χ2n) is 7.27. The van der Waals surface area contributed by atoms with Crippen LogP contribution in [0.4, 0.5) is 5.69 Å². The number of ether oxygens (including phenoxy) is 1. The van der Waals surface area contributed by atoms with Crippen LogP contribution in [-0.2, 0) is 7.05 Å². The van der Waals surface area contributed by atoms with Crippen molar-refractivity contribution in [2.24, 2.45) is 7.05 Å². The molecule has 4 rings (SSSR count). The van der Waals surface area contributed by atoms with Gasteiger partial charge in [-0.2, -0.15) is 5.10 Å². The van der Waals surface area contributed by atoms with E-state index in [1.165, 1.54) is 0 Å². The number of nitrogens with one attached hydrogen (secondary N) is 1. The maximum atomic E-state index is 12.6. The fourth-order valence-electron chi connectivity index (χ4n) is 3.25. The van der Waals surface area contributed by atoms with Crippen LogP contribution < -0.4 is 10.1 Å². The maximum absolute atomic E-state index is 12.6. The minimum Gasteiger partial charge on any atom is -0.438 e. The van der Waals surface area contributed by atoms with Gasteiger partial charge in [-0.05, 0) is 58.0 Å². The molecule has 0 saturated heterocycles. The molecule has 0 bridgehead atoms. The van der Waals surface area contributed by atoms with E-state index in [1.807, 2.05) is 45.4 Å². The third kappa shape index (κ3) is 4.02. The smallest absolute Gasteiger partial charge is 0.259 e. The Balaban J connectivity index is 1.43. The lowest BCUT2D eigenvalue weighted by atomic mass is 10.2. The number of imidazole rings is 1. The second kappa shape index (κ2) is 8.02. The molecule has 1 amide bonds. The summed E-state index contributed by atoms with van der Waals surface area (Å²) in [5.74, 6) is 1.44. The lowest BCUT2D eigenvalue weighted by molar-refractivity contribution is 0.102. The fourth-order valence-corrected chi connectivity index (χ4v) is 3.25. The number of aryl methyl sites for hydroxylation is 3. The first kappa shape index (κ1) is 20.3. The molecule has 0 aliphatic carbocycles. The molecule has 1 aromatic carbocycles. The standard InChI is InChI=1S/C22H23N7O2/c1-13-15(3)29(12-23-13)19-10-11-20(26-25-19)31-18-8-6-17(7-9-18)24-22(30)21-14(2)27-28(5)16(21)4/h6-12H,1-5H3,(H,24,30). The van der Waals surface area contributed by atoms with Crippen molar-refractivity contribution < 1.29 is 9.53 Å². The predicted molar refractivity (Wildman–Crippen MR) is 116 cm³/mol. The summed E-state index contributed by atoms with van der Waals surface area (Å²) < 4.78 is 9.33. The van der Waals surface area contributed by atoms with Crippen LogP contribution in [0.25, 0.3) is 5.82 Å². The minimum atomic E-state index is -0.191. The Morgan fingerprint density at radius 1 is 0.935 bits per heavy atom. The quantitative estimate of drug-likeness (QED) is 0.532. The van der Waals surface area contributed by atoms with Crippen molar-refractivity contribution in [3.63, 3.8) is 0 Å². The number of amides is 1. The average Bonchev–Trinajstić information content (AvgIpc) is 3.21. The van der Waals surface area contributed by atoms with Crippen LogP contribution in [0.15, 0.2) is 42.7 Å². The molecule has 0 saturated carbocycles. The molecule has 9 nitrogen and oxygen atoms in total. The van der Waals surface area contributed by atoms with Crippen molar-refractivity contribution in [2.45, 2.75) is 27.7 Å². The van der Waals surface area contributed by atoms with E-state index in [0.717, 1.165) is 17.1 Å². The number of carbonyl (C=O) groups is 1. The van der Waals surface area contributed by atoms with Gasteiger partial charge in [0.1, 0.15) is 12.1 Å². The first-order chi connectivity index (χ1) is 14.8. The number of hydrogen-bond donors (Lipinski definition) is 1. The summed E-state index contributed by atoms with van der Waals surface area (Å²) in [5, 5.41) is 15.5. The molecule has 9 heteroatoms. The van der Waals surface area contributed by atoms with Gasteiger partial charge in [-0.3, -0.25) is 14.0 Å².